The lowest BCUT2D eigenvalue weighted by atomic mass is 10.2. The number of hydrogen-bond acceptors (Lipinski definition) is 6. The number of aromatic nitrogens is 3. The van der Waals surface area contributed by atoms with Gasteiger partial charge in [0.15, 0.2) is 4.67 Å². The van der Waals surface area contributed by atoms with E-state index in [1.54, 1.807) is 30.5 Å². The lowest BCUT2D eigenvalue weighted by Crippen LogP contribution is -2.05. The Kier molecular flexibility index (Phi) is 4.52. The molecule has 3 aromatic rings. The quantitative estimate of drug-likeness (QED) is 0.661. The number of aromatic hydroxyl groups is 1. The minimum Gasteiger partial charge on any atom is -0.508 e. The number of furan rings is 1. The number of hydrogen-bond donors (Lipinski definition) is 2. The second kappa shape index (κ2) is 6.75. The van der Waals surface area contributed by atoms with E-state index in [0.717, 1.165) is 0 Å². The normalized spacial score (nSPS) is 10.7. The number of halogens is 1. The van der Waals surface area contributed by atoms with Crippen LogP contribution in [0.2, 0.25) is 0 Å². The van der Waals surface area contributed by atoms with Gasteiger partial charge in [0.25, 0.3) is 0 Å². The van der Waals surface area contributed by atoms with Crippen LogP contribution >= 0.6 is 15.9 Å². The van der Waals surface area contributed by atoms with Crippen LogP contribution in [-0.4, -0.2) is 31.2 Å². The summed E-state index contributed by atoms with van der Waals surface area (Å²) in [6.45, 7) is 0.375. The van der Waals surface area contributed by atoms with Gasteiger partial charge in [-0.2, -0.15) is 0 Å². The monoisotopic (exact) mass is 393 g/mol. The third-order valence-electron chi connectivity index (χ3n) is 3.10. The predicted octanol–water partition coefficient (Wildman–Crippen LogP) is 2.66. The molecule has 2 heterocycles. The number of ether oxygens (including phenoxy) is 1. The maximum absolute atomic E-state index is 11.1. The molecule has 0 aliphatic carbocycles. The summed E-state index contributed by atoms with van der Waals surface area (Å²) in [6.07, 6.45) is 1.65. The van der Waals surface area contributed by atoms with Crippen molar-refractivity contribution in [1.29, 1.82) is 0 Å². The molecule has 24 heavy (non-hydrogen) atoms. The van der Waals surface area contributed by atoms with Crippen LogP contribution in [0.15, 0.2) is 45.6 Å². The Hall–Kier alpha value is -2.81. The van der Waals surface area contributed by atoms with Gasteiger partial charge in [0.05, 0.1) is 12.7 Å². The molecular formula is C15H12BrN3O5. The fourth-order valence-corrected chi connectivity index (χ4v) is 2.52. The molecule has 0 amide bonds. The highest BCUT2D eigenvalue weighted by atomic mass is 79.9. The molecule has 2 N–H and O–H groups in total. The summed E-state index contributed by atoms with van der Waals surface area (Å²) < 4.78 is 12.4. The van der Waals surface area contributed by atoms with Gasteiger partial charge in [-0.25, -0.2) is 9.48 Å². The van der Waals surface area contributed by atoms with Crippen molar-refractivity contribution in [3.63, 3.8) is 0 Å². The van der Waals surface area contributed by atoms with Crippen molar-refractivity contribution in [1.82, 2.24) is 15.0 Å². The maximum Gasteiger partial charge on any atom is 0.372 e. The van der Waals surface area contributed by atoms with Crippen molar-refractivity contribution in [2.75, 3.05) is 0 Å². The summed E-state index contributed by atoms with van der Waals surface area (Å²) >= 11 is 3.11. The van der Waals surface area contributed by atoms with Gasteiger partial charge in [0.2, 0.25) is 5.76 Å². The average Bonchev–Trinajstić information content (AvgIpc) is 3.12. The number of phenols is 1. The largest absolute Gasteiger partial charge is 0.508 e. The molecule has 0 saturated heterocycles. The van der Waals surface area contributed by atoms with E-state index in [0.29, 0.717) is 21.7 Å². The molecule has 2 aromatic heterocycles. The molecule has 0 atom stereocenters. The Morgan fingerprint density at radius 3 is 2.96 bits per heavy atom. The van der Waals surface area contributed by atoms with Crippen molar-refractivity contribution < 1.29 is 24.2 Å². The number of aromatic carboxylic acids is 1. The Morgan fingerprint density at radius 2 is 2.21 bits per heavy atom. The predicted molar refractivity (Wildman–Crippen MR) is 84.9 cm³/mol. The number of carboxylic acids is 1. The third kappa shape index (κ3) is 3.74. The van der Waals surface area contributed by atoms with Gasteiger partial charge >= 0.3 is 5.97 Å². The second-order valence-electron chi connectivity index (χ2n) is 4.90. The summed E-state index contributed by atoms with van der Waals surface area (Å²) in [4.78, 5) is 11.1. The number of rotatable bonds is 6. The van der Waals surface area contributed by atoms with Crippen LogP contribution in [0.5, 0.6) is 11.5 Å². The summed E-state index contributed by atoms with van der Waals surface area (Å²) in [7, 11) is 0. The van der Waals surface area contributed by atoms with Gasteiger partial charge in [0.1, 0.15) is 23.8 Å². The van der Waals surface area contributed by atoms with E-state index in [-0.39, 0.29) is 24.7 Å². The van der Waals surface area contributed by atoms with Crippen molar-refractivity contribution in [3.05, 3.63) is 58.2 Å². The number of benzene rings is 1. The molecule has 3 rings (SSSR count). The minimum absolute atomic E-state index is 0.114. The van der Waals surface area contributed by atoms with Crippen LogP contribution in [-0.2, 0) is 13.2 Å². The molecule has 1 aromatic carbocycles. The zero-order valence-electron chi connectivity index (χ0n) is 12.2. The van der Waals surface area contributed by atoms with Crippen molar-refractivity contribution in [3.8, 4) is 11.5 Å². The van der Waals surface area contributed by atoms with Crippen molar-refractivity contribution in [2.45, 2.75) is 13.2 Å². The molecule has 0 fully saturated rings. The lowest BCUT2D eigenvalue weighted by molar-refractivity contribution is 0.0659. The highest BCUT2D eigenvalue weighted by molar-refractivity contribution is 9.10. The average molecular weight is 394 g/mol. The first kappa shape index (κ1) is 16.1. The van der Waals surface area contributed by atoms with Gasteiger partial charge in [-0.1, -0.05) is 11.3 Å². The van der Waals surface area contributed by atoms with Crippen molar-refractivity contribution in [2.24, 2.45) is 0 Å². The molecule has 0 unspecified atom stereocenters. The van der Waals surface area contributed by atoms with Crippen LogP contribution in [0.1, 0.15) is 21.8 Å². The third-order valence-corrected chi connectivity index (χ3v) is 3.49. The first-order valence-corrected chi connectivity index (χ1v) is 7.63. The topological polar surface area (TPSA) is 111 Å². The molecule has 0 spiro atoms. The highest BCUT2D eigenvalue weighted by Gasteiger charge is 2.17. The van der Waals surface area contributed by atoms with Crippen LogP contribution in [0.25, 0.3) is 0 Å². The summed E-state index contributed by atoms with van der Waals surface area (Å²) in [5.41, 5.74) is 1.04. The number of carboxylic acid groups (broad SMARTS) is 1. The first-order chi connectivity index (χ1) is 11.5. The van der Waals surface area contributed by atoms with E-state index in [4.69, 9.17) is 14.3 Å². The Labute approximate surface area is 144 Å². The molecule has 0 saturated carbocycles. The SMILES string of the molecule is O=C(O)c1oc(Br)cc1Cn1cc(COc2cccc(O)c2)nn1. The van der Waals surface area contributed by atoms with E-state index in [9.17, 15) is 9.90 Å². The Morgan fingerprint density at radius 1 is 1.38 bits per heavy atom. The zero-order valence-corrected chi connectivity index (χ0v) is 13.8. The van der Waals surface area contributed by atoms with Crippen LogP contribution in [0.3, 0.4) is 0 Å². The van der Waals surface area contributed by atoms with Crippen molar-refractivity contribution >= 4 is 21.9 Å². The molecule has 0 aliphatic heterocycles. The summed E-state index contributed by atoms with van der Waals surface area (Å²) in [5, 5.41) is 26.4. The molecule has 8 nitrogen and oxygen atoms in total. The van der Waals surface area contributed by atoms with Gasteiger partial charge in [0, 0.05) is 11.6 Å². The van der Waals surface area contributed by atoms with E-state index >= 15 is 0 Å². The molecule has 124 valence electrons. The van der Waals surface area contributed by atoms with E-state index < -0.39 is 5.97 Å². The van der Waals surface area contributed by atoms with Gasteiger partial charge in [-0.3, -0.25) is 0 Å². The fraction of sp³-hybridized carbons (Fsp3) is 0.133. The standard InChI is InChI=1S/C15H12BrN3O5/c16-13-4-9(14(24-13)15(21)22)6-19-7-10(17-18-19)8-23-12-3-1-2-11(20)5-12/h1-5,7,20H,6,8H2,(H,21,22). The second-order valence-corrected chi connectivity index (χ2v) is 5.69. The van der Waals surface area contributed by atoms with Crippen LogP contribution < -0.4 is 4.74 Å². The molecule has 0 radical (unpaired) electrons. The van der Waals surface area contributed by atoms with Crippen LogP contribution in [0, 0.1) is 0 Å². The lowest BCUT2D eigenvalue weighted by Gasteiger charge is -2.03. The summed E-state index contributed by atoms with van der Waals surface area (Å²) in [6, 6.07) is 8.00. The summed E-state index contributed by atoms with van der Waals surface area (Å²) in [5.74, 6) is -0.669. The van der Waals surface area contributed by atoms with E-state index in [1.165, 1.54) is 10.7 Å². The van der Waals surface area contributed by atoms with Crippen LogP contribution in [0.4, 0.5) is 0 Å². The Bertz CT molecular complexity index is 874. The smallest absolute Gasteiger partial charge is 0.372 e. The zero-order chi connectivity index (χ0) is 17.1. The Balaban J connectivity index is 1.66. The number of carbonyl (C=O) groups is 1. The highest BCUT2D eigenvalue weighted by Crippen LogP contribution is 2.22. The van der Waals surface area contributed by atoms with Gasteiger partial charge in [-0.05, 0) is 34.1 Å². The van der Waals surface area contributed by atoms with Gasteiger partial charge < -0.3 is 19.4 Å². The first-order valence-electron chi connectivity index (χ1n) is 6.83. The molecular weight excluding hydrogens is 382 g/mol. The molecule has 9 heteroatoms. The van der Waals surface area contributed by atoms with Gasteiger partial charge in [-0.15, -0.1) is 5.10 Å². The maximum atomic E-state index is 11.1. The molecule has 0 aliphatic rings. The number of nitrogens with zero attached hydrogens (tertiary/aromatic N) is 3. The fourth-order valence-electron chi connectivity index (χ4n) is 2.08. The molecule has 0 bridgehead atoms. The van der Waals surface area contributed by atoms with E-state index in [2.05, 4.69) is 26.2 Å². The number of phenolic OH excluding ortho intramolecular Hbond substituents is 1. The van der Waals surface area contributed by atoms with E-state index in [1.807, 2.05) is 0 Å². The minimum atomic E-state index is -1.15.